The first-order chi connectivity index (χ1) is 6.83. The van der Waals surface area contributed by atoms with Gasteiger partial charge in [0.1, 0.15) is 6.26 Å². The Morgan fingerprint density at radius 1 is 1.43 bits per heavy atom. The second kappa shape index (κ2) is 3.93. The van der Waals surface area contributed by atoms with Gasteiger partial charge in [-0.3, -0.25) is 0 Å². The van der Waals surface area contributed by atoms with Gasteiger partial charge in [-0.25, -0.2) is 0 Å². The van der Waals surface area contributed by atoms with Crippen molar-refractivity contribution < 1.29 is 9.47 Å². The zero-order chi connectivity index (χ0) is 9.97. The molecule has 0 bridgehead atoms. The predicted octanol–water partition coefficient (Wildman–Crippen LogP) is 3.04. The Morgan fingerprint density at radius 2 is 2.29 bits per heavy atom. The molecule has 0 spiro atoms. The van der Waals surface area contributed by atoms with E-state index >= 15 is 0 Å². The molecule has 0 saturated carbocycles. The normalized spacial score (nSPS) is 14.6. The van der Waals surface area contributed by atoms with Crippen molar-refractivity contribution in [3.05, 3.63) is 41.2 Å². The average molecular weight is 211 g/mol. The smallest absolute Gasteiger partial charge is 0.230 e. The molecule has 0 radical (unpaired) electrons. The maximum atomic E-state index is 5.82. The van der Waals surface area contributed by atoms with E-state index in [1.54, 1.807) is 6.26 Å². The van der Waals surface area contributed by atoms with Gasteiger partial charge < -0.3 is 9.47 Å². The fourth-order valence-corrected chi connectivity index (χ4v) is 1.77. The molecule has 3 heteroatoms. The van der Waals surface area contributed by atoms with Crippen LogP contribution >= 0.6 is 11.6 Å². The lowest BCUT2D eigenvalue weighted by Crippen LogP contribution is -1.94. The van der Waals surface area contributed by atoms with E-state index in [4.69, 9.17) is 21.1 Å². The van der Waals surface area contributed by atoms with E-state index in [9.17, 15) is 0 Å². The molecule has 0 fully saturated rings. The predicted molar refractivity (Wildman–Crippen MR) is 55.8 cm³/mol. The first-order valence-corrected chi connectivity index (χ1v) is 4.96. The van der Waals surface area contributed by atoms with Crippen LogP contribution in [0.25, 0.3) is 5.76 Å². The summed E-state index contributed by atoms with van der Waals surface area (Å²) in [6.45, 7) is 2.34. The van der Waals surface area contributed by atoms with Crippen LogP contribution in [-0.2, 0) is 15.4 Å². The monoisotopic (exact) mass is 210 g/mol. The third kappa shape index (κ3) is 1.58. The summed E-state index contributed by atoms with van der Waals surface area (Å²) in [5, 5.41) is 0. The molecular weight excluding hydrogens is 200 g/mol. The molecule has 1 aromatic carbocycles. The Balaban J connectivity index is 2.42. The van der Waals surface area contributed by atoms with Crippen LogP contribution in [-0.4, -0.2) is 6.79 Å². The summed E-state index contributed by atoms with van der Waals surface area (Å²) in [6, 6.07) is 6.00. The maximum Gasteiger partial charge on any atom is 0.230 e. The number of hydrogen-bond acceptors (Lipinski definition) is 2. The van der Waals surface area contributed by atoms with E-state index in [2.05, 4.69) is 0 Å². The molecule has 1 aliphatic rings. The van der Waals surface area contributed by atoms with Crippen molar-refractivity contribution in [1.29, 1.82) is 0 Å². The van der Waals surface area contributed by atoms with Crippen LogP contribution in [0, 0.1) is 6.92 Å². The molecular formula is C11H11ClO2. The zero-order valence-corrected chi connectivity index (χ0v) is 8.67. The summed E-state index contributed by atoms with van der Waals surface area (Å²) >= 11 is 5.82. The summed E-state index contributed by atoms with van der Waals surface area (Å²) in [4.78, 5) is 0. The van der Waals surface area contributed by atoms with Gasteiger partial charge in [0.15, 0.2) is 5.76 Å². The molecule has 14 heavy (non-hydrogen) atoms. The molecule has 0 unspecified atom stereocenters. The highest BCUT2D eigenvalue weighted by Crippen LogP contribution is 2.26. The number of hydrogen-bond donors (Lipinski definition) is 0. The second-order valence-corrected chi connectivity index (χ2v) is 3.40. The van der Waals surface area contributed by atoms with E-state index < -0.39 is 0 Å². The van der Waals surface area contributed by atoms with Crippen LogP contribution in [0.15, 0.2) is 24.5 Å². The molecule has 1 aromatic rings. The Hall–Kier alpha value is -1.15. The van der Waals surface area contributed by atoms with Gasteiger partial charge in [-0.05, 0) is 18.1 Å². The average Bonchev–Trinajstić information content (AvgIpc) is 2.71. The minimum Gasteiger partial charge on any atom is -0.461 e. The zero-order valence-electron chi connectivity index (χ0n) is 7.92. The summed E-state index contributed by atoms with van der Waals surface area (Å²) in [5.74, 6) is 1.31. The highest BCUT2D eigenvalue weighted by molar-refractivity contribution is 6.17. The molecule has 1 aliphatic heterocycles. The van der Waals surface area contributed by atoms with Crippen molar-refractivity contribution in [3.8, 4) is 0 Å². The first-order valence-electron chi connectivity index (χ1n) is 4.42. The third-order valence-electron chi connectivity index (χ3n) is 2.33. The maximum absolute atomic E-state index is 5.82. The Kier molecular flexibility index (Phi) is 2.64. The van der Waals surface area contributed by atoms with Crippen molar-refractivity contribution in [2.75, 3.05) is 6.79 Å². The second-order valence-electron chi connectivity index (χ2n) is 3.13. The molecule has 0 N–H and O–H groups in total. The number of rotatable bonds is 2. The van der Waals surface area contributed by atoms with Gasteiger partial charge in [0.25, 0.3) is 0 Å². The Bertz CT molecular complexity index is 372. The van der Waals surface area contributed by atoms with Crippen molar-refractivity contribution in [1.82, 2.24) is 0 Å². The summed E-state index contributed by atoms with van der Waals surface area (Å²) < 4.78 is 10.3. The minimum absolute atomic E-state index is 0.305. The van der Waals surface area contributed by atoms with Crippen LogP contribution in [0.4, 0.5) is 0 Å². The first kappa shape index (κ1) is 9.41. The van der Waals surface area contributed by atoms with E-state index in [1.807, 2.05) is 25.1 Å². The summed E-state index contributed by atoms with van der Waals surface area (Å²) in [7, 11) is 0. The van der Waals surface area contributed by atoms with Crippen LogP contribution in [0.5, 0.6) is 0 Å². The fraction of sp³-hybridized carbons (Fsp3) is 0.273. The Labute approximate surface area is 88.1 Å². The number of alkyl halides is 1. The molecule has 0 aromatic heterocycles. The van der Waals surface area contributed by atoms with Gasteiger partial charge in [-0.2, -0.15) is 0 Å². The minimum atomic E-state index is 0.305. The SMILES string of the molecule is Cc1c(CCl)cccc1C1=COCO1. The number of ether oxygens (including phenoxy) is 2. The van der Waals surface area contributed by atoms with E-state index in [0.717, 1.165) is 22.4 Å². The molecule has 74 valence electrons. The highest BCUT2D eigenvalue weighted by atomic mass is 35.5. The molecule has 0 amide bonds. The van der Waals surface area contributed by atoms with Crippen LogP contribution in [0.2, 0.25) is 0 Å². The molecule has 0 atom stereocenters. The molecule has 0 saturated heterocycles. The molecule has 2 rings (SSSR count). The molecule has 1 heterocycles. The molecule has 2 nitrogen and oxygen atoms in total. The summed E-state index contributed by atoms with van der Waals surface area (Å²) in [6.07, 6.45) is 1.64. The van der Waals surface area contributed by atoms with Gasteiger partial charge in [0.05, 0.1) is 0 Å². The van der Waals surface area contributed by atoms with E-state index in [-0.39, 0.29) is 0 Å². The molecule has 0 aliphatic carbocycles. The van der Waals surface area contributed by atoms with Gasteiger partial charge in [-0.15, -0.1) is 11.6 Å². The quantitative estimate of drug-likeness (QED) is 0.699. The largest absolute Gasteiger partial charge is 0.461 e. The van der Waals surface area contributed by atoms with Gasteiger partial charge in [0.2, 0.25) is 6.79 Å². The third-order valence-corrected chi connectivity index (χ3v) is 2.62. The van der Waals surface area contributed by atoms with Crippen LogP contribution in [0.1, 0.15) is 16.7 Å². The van der Waals surface area contributed by atoms with E-state index in [1.165, 1.54) is 0 Å². The van der Waals surface area contributed by atoms with Gasteiger partial charge in [0, 0.05) is 11.4 Å². The fourth-order valence-electron chi connectivity index (χ4n) is 1.48. The topological polar surface area (TPSA) is 18.5 Å². The lowest BCUT2D eigenvalue weighted by atomic mass is 10.0. The van der Waals surface area contributed by atoms with Crippen LogP contribution < -0.4 is 0 Å². The summed E-state index contributed by atoms with van der Waals surface area (Å²) in [5.41, 5.74) is 3.33. The lowest BCUT2D eigenvalue weighted by molar-refractivity contribution is 0.100. The van der Waals surface area contributed by atoms with Crippen molar-refractivity contribution in [2.45, 2.75) is 12.8 Å². The highest BCUT2D eigenvalue weighted by Gasteiger charge is 2.13. The number of benzene rings is 1. The van der Waals surface area contributed by atoms with Gasteiger partial charge in [-0.1, -0.05) is 18.2 Å². The van der Waals surface area contributed by atoms with Crippen molar-refractivity contribution >= 4 is 17.4 Å². The Morgan fingerprint density at radius 3 is 2.93 bits per heavy atom. The van der Waals surface area contributed by atoms with Gasteiger partial charge >= 0.3 is 0 Å². The van der Waals surface area contributed by atoms with Crippen LogP contribution in [0.3, 0.4) is 0 Å². The van der Waals surface area contributed by atoms with Crippen molar-refractivity contribution in [2.24, 2.45) is 0 Å². The lowest BCUT2D eigenvalue weighted by Gasteiger charge is -2.08. The van der Waals surface area contributed by atoms with E-state index in [0.29, 0.717) is 12.7 Å². The number of halogens is 1. The standard InChI is InChI=1S/C11H11ClO2/c1-8-9(5-12)3-2-4-10(8)11-6-13-7-14-11/h2-4,6H,5,7H2,1H3. The van der Waals surface area contributed by atoms with Crippen molar-refractivity contribution in [3.63, 3.8) is 0 Å².